The first kappa shape index (κ1) is 44.4. The van der Waals surface area contributed by atoms with E-state index in [1.807, 2.05) is 6.07 Å². The number of carboxylic acids is 1. The van der Waals surface area contributed by atoms with Crippen molar-refractivity contribution in [3.05, 3.63) is 82.3 Å². The highest BCUT2D eigenvalue weighted by Gasteiger charge is 2.44. The number of Topliss-reactive ketones (excluding diaryl/α,β-unsaturated/α-hetero) is 1. The van der Waals surface area contributed by atoms with Crippen molar-refractivity contribution in [2.45, 2.75) is 115 Å². The molecule has 15 heteroatoms. The van der Waals surface area contributed by atoms with Gasteiger partial charge in [-0.25, -0.2) is 0 Å². The SMILES string of the molecule is CCC[N+]1=C(/C=C/C=C2/N(CCCCCCCCCC(=O)CNc3nc(Cl)nc(NCC(=O)O)n3)c3ccc(S(=O)(=O)O)cc3C2(C)C)C(C)(C)c2cc(C)ccc21. The second kappa shape index (κ2) is 18.9. The Morgan fingerprint density at radius 3 is 2.19 bits per heavy atom. The summed E-state index contributed by atoms with van der Waals surface area (Å²) < 4.78 is 36.6. The third kappa shape index (κ3) is 10.7. The Morgan fingerprint density at radius 1 is 0.879 bits per heavy atom. The fourth-order valence-corrected chi connectivity index (χ4v) is 8.61. The van der Waals surface area contributed by atoms with Crippen molar-refractivity contribution in [2.24, 2.45) is 0 Å². The molecular weight excluding hydrogens is 778 g/mol. The standard InChI is InChI=1S/C43H56ClN7O6S/c1-7-23-50-34-21-19-29(2)25-32(34)42(3,4)36(50)17-15-18-37-43(5,6)33-26-31(58(55,56)57)20-22-35(33)51(37)24-14-12-10-8-9-11-13-16-30(52)27-45-40-47-39(44)48-41(49-40)46-28-38(53)54/h15,17-22,25-26H,7-14,16,23-24,27-28H2,1-6H3,(H3-,45,46,47,48,49,53,54,55,56,57)/p+1. The molecule has 0 saturated carbocycles. The summed E-state index contributed by atoms with van der Waals surface area (Å²) in [6.07, 6.45) is 14.8. The summed E-state index contributed by atoms with van der Waals surface area (Å²) >= 11 is 5.90. The molecule has 5 rings (SSSR count). The lowest BCUT2D eigenvalue weighted by Gasteiger charge is -2.27. The predicted molar refractivity (Wildman–Crippen MR) is 230 cm³/mol. The normalized spacial score (nSPS) is 16.3. The average Bonchev–Trinajstić information content (AvgIpc) is 3.49. The van der Waals surface area contributed by atoms with E-state index in [4.69, 9.17) is 16.7 Å². The highest BCUT2D eigenvalue weighted by molar-refractivity contribution is 7.85. The van der Waals surface area contributed by atoms with Gasteiger partial charge in [-0.05, 0) is 81.1 Å². The van der Waals surface area contributed by atoms with Crippen LogP contribution in [-0.4, -0.2) is 81.2 Å². The van der Waals surface area contributed by atoms with Gasteiger partial charge in [-0.1, -0.05) is 70.6 Å². The van der Waals surface area contributed by atoms with Crippen molar-refractivity contribution in [1.82, 2.24) is 15.0 Å². The van der Waals surface area contributed by atoms with Crippen molar-refractivity contribution >= 4 is 62.5 Å². The Balaban J connectivity index is 1.16. The average molecular weight is 835 g/mol. The molecule has 3 heterocycles. The van der Waals surface area contributed by atoms with E-state index in [1.54, 1.807) is 6.07 Å². The molecule has 4 N–H and O–H groups in total. The van der Waals surface area contributed by atoms with E-state index in [0.29, 0.717) is 6.42 Å². The molecule has 0 amide bonds. The van der Waals surface area contributed by atoms with Crippen LogP contribution in [0.5, 0.6) is 0 Å². The molecule has 0 spiro atoms. The van der Waals surface area contributed by atoms with Gasteiger partial charge in [-0.15, -0.1) is 0 Å². The third-order valence-corrected chi connectivity index (χ3v) is 12.0. The summed E-state index contributed by atoms with van der Waals surface area (Å²) in [6, 6.07) is 11.6. The number of anilines is 3. The van der Waals surface area contributed by atoms with Crippen LogP contribution in [0.25, 0.3) is 0 Å². The number of aliphatic carboxylic acids is 1. The number of nitrogens with zero attached hydrogens (tertiary/aromatic N) is 5. The fourth-order valence-electron chi connectivity index (χ4n) is 7.95. The van der Waals surface area contributed by atoms with Crippen LogP contribution in [0, 0.1) is 6.92 Å². The zero-order valence-corrected chi connectivity index (χ0v) is 36.0. The number of rotatable bonds is 21. The largest absolute Gasteiger partial charge is 0.480 e. The lowest BCUT2D eigenvalue weighted by molar-refractivity contribution is -0.437. The van der Waals surface area contributed by atoms with Crippen LogP contribution in [0.1, 0.15) is 109 Å². The molecule has 2 aliphatic heterocycles. The first-order valence-electron chi connectivity index (χ1n) is 20.1. The van der Waals surface area contributed by atoms with Crippen molar-refractivity contribution in [1.29, 1.82) is 0 Å². The number of carbonyl (C=O) groups is 2. The molecule has 0 radical (unpaired) electrons. The quantitative estimate of drug-likeness (QED) is 0.0459. The summed E-state index contributed by atoms with van der Waals surface area (Å²) in [5.41, 5.74) is 7.29. The molecule has 0 unspecified atom stereocenters. The van der Waals surface area contributed by atoms with Gasteiger partial charge in [-0.2, -0.15) is 27.9 Å². The smallest absolute Gasteiger partial charge is 0.322 e. The van der Waals surface area contributed by atoms with Crippen molar-refractivity contribution in [2.75, 3.05) is 41.7 Å². The van der Waals surface area contributed by atoms with Crippen LogP contribution >= 0.6 is 11.6 Å². The van der Waals surface area contributed by atoms with Crippen LogP contribution in [0.2, 0.25) is 5.28 Å². The Morgan fingerprint density at radius 2 is 1.53 bits per heavy atom. The Hall–Kier alpha value is -4.66. The Kier molecular flexibility index (Phi) is 14.5. The zero-order chi connectivity index (χ0) is 42.3. The summed E-state index contributed by atoms with van der Waals surface area (Å²) in [7, 11) is -4.36. The number of halogens is 1. The molecule has 2 aliphatic rings. The molecule has 13 nitrogen and oxygen atoms in total. The number of ketones is 1. The number of fused-ring (bicyclic) bond motifs is 2. The molecule has 2 aromatic carbocycles. The third-order valence-electron chi connectivity index (χ3n) is 11.0. The Labute approximate surface area is 347 Å². The van der Waals surface area contributed by atoms with Crippen LogP contribution in [0.15, 0.2) is 65.2 Å². The number of hydrogen-bond donors (Lipinski definition) is 4. The summed E-state index contributed by atoms with van der Waals surface area (Å²) in [4.78, 5) is 37.3. The molecule has 0 bridgehead atoms. The van der Waals surface area contributed by atoms with Crippen LogP contribution in [0.3, 0.4) is 0 Å². The first-order chi connectivity index (χ1) is 27.4. The van der Waals surface area contributed by atoms with E-state index in [1.165, 1.54) is 28.6 Å². The monoisotopic (exact) mass is 834 g/mol. The zero-order valence-electron chi connectivity index (χ0n) is 34.4. The minimum Gasteiger partial charge on any atom is -0.480 e. The van der Waals surface area contributed by atoms with Gasteiger partial charge < -0.3 is 20.6 Å². The number of aromatic nitrogens is 3. The molecule has 3 aromatic rings. The molecule has 0 fully saturated rings. The van der Waals surface area contributed by atoms with Gasteiger partial charge in [0.05, 0.1) is 16.9 Å². The topological polar surface area (TPSA) is 178 Å². The van der Waals surface area contributed by atoms with Crippen molar-refractivity contribution in [3.63, 3.8) is 0 Å². The second-order valence-electron chi connectivity index (χ2n) is 16.1. The second-order valence-corrected chi connectivity index (χ2v) is 17.9. The molecule has 0 saturated heterocycles. The number of aryl methyl sites for hydroxylation is 1. The van der Waals surface area contributed by atoms with E-state index in [0.717, 1.165) is 81.4 Å². The number of carboxylic acid groups (broad SMARTS) is 1. The van der Waals surface area contributed by atoms with Crippen molar-refractivity contribution in [3.8, 4) is 0 Å². The van der Waals surface area contributed by atoms with Gasteiger partial charge in [0, 0.05) is 53.9 Å². The van der Waals surface area contributed by atoms with Gasteiger partial charge in [0.1, 0.15) is 13.1 Å². The van der Waals surface area contributed by atoms with Gasteiger partial charge in [-0.3, -0.25) is 14.1 Å². The van der Waals surface area contributed by atoms with E-state index >= 15 is 0 Å². The minimum atomic E-state index is -4.36. The molecule has 0 atom stereocenters. The van der Waals surface area contributed by atoms with E-state index in [2.05, 4.69) is 113 Å². The number of nitrogens with one attached hydrogen (secondary N) is 2. The predicted octanol–water partition coefficient (Wildman–Crippen LogP) is 8.40. The Bertz CT molecular complexity index is 2220. The summed E-state index contributed by atoms with van der Waals surface area (Å²) in [6.45, 7) is 14.4. The number of carbonyl (C=O) groups excluding carboxylic acids is 1. The molecule has 1 aromatic heterocycles. The van der Waals surface area contributed by atoms with Gasteiger partial charge in [0.2, 0.25) is 22.9 Å². The van der Waals surface area contributed by atoms with Crippen LogP contribution in [-0.2, 0) is 30.5 Å². The van der Waals surface area contributed by atoms with Gasteiger partial charge in [0.25, 0.3) is 10.1 Å². The maximum atomic E-state index is 12.5. The number of hydrogen-bond acceptors (Lipinski definition) is 10. The number of unbranched alkanes of at least 4 members (excludes halogenated alkanes) is 6. The fraction of sp³-hybridized carbons (Fsp3) is 0.488. The minimum absolute atomic E-state index is 0.00797. The highest BCUT2D eigenvalue weighted by atomic mass is 35.5. The van der Waals surface area contributed by atoms with Gasteiger partial charge >= 0.3 is 5.97 Å². The molecule has 0 aliphatic carbocycles. The van der Waals surface area contributed by atoms with E-state index in [9.17, 15) is 22.6 Å². The lowest BCUT2D eigenvalue weighted by atomic mass is 9.80. The molecule has 58 heavy (non-hydrogen) atoms. The number of allylic oxidation sites excluding steroid dienone is 4. The van der Waals surface area contributed by atoms with Crippen molar-refractivity contribution < 1.29 is 32.2 Å². The first-order valence-corrected chi connectivity index (χ1v) is 21.9. The maximum absolute atomic E-state index is 12.5. The van der Waals surface area contributed by atoms with E-state index in [-0.39, 0.29) is 46.4 Å². The lowest BCUT2D eigenvalue weighted by Crippen LogP contribution is -2.28. The summed E-state index contributed by atoms with van der Waals surface area (Å²) in [5.74, 6) is -0.962. The molecular formula is C43H57ClN7O6S+. The van der Waals surface area contributed by atoms with E-state index < -0.39 is 21.5 Å². The van der Waals surface area contributed by atoms with Gasteiger partial charge in [0.15, 0.2) is 11.5 Å². The summed E-state index contributed by atoms with van der Waals surface area (Å²) in [5, 5.41) is 14.1. The molecule has 312 valence electrons. The van der Waals surface area contributed by atoms with Crippen LogP contribution < -0.4 is 15.5 Å². The number of benzene rings is 2. The maximum Gasteiger partial charge on any atom is 0.322 e. The van der Waals surface area contributed by atoms with Crippen LogP contribution in [0.4, 0.5) is 23.3 Å². The highest BCUT2D eigenvalue weighted by Crippen LogP contribution is 2.49.